The van der Waals surface area contributed by atoms with Crippen LogP contribution in [0.1, 0.15) is 30.0 Å². The van der Waals surface area contributed by atoms with Crippen molar-refractivity contribution in [3.63, 3.8) is 0 Å². The van der Waals surface area contributed by atoms with E-state index in [2.05, 4.69) is 30.4 Å². The molecule has 0 amide bonds. The average molecular weight is 275 g/mol. The molecular weight excluding hydrogens is 258 g/mol. The van der Waals surface area contributed by atoms with E-state index in [1.54, 1.807) is 12.1 Å². The summed E-state index contributed by atoms with van der Waals surface area (Å²) < 4.78 is 0. The predicted molar refractivity (Wildman–Crippen MR) is 83.7 cm³/mol. The van der Waals surface area contributed by atoms with E-state index in [9.17, 15) is 0 Å². The van der Waals surface area contributed by atoms with E-state index < -0.39 is 0 Å². The Morgan fingerprint density at radius 2 is 1.71 bits per heavy atom. The molecule has 0 aromatic heterocycles. The summed E-state index contributed by atoms with van der Waals surface area (Å²) in [5, 5.41) is 21.5. The number of nitrogens with zero attached hydrogens (tertiary/aromatic N) is 2. The minimum atomic E-state index is 0.298. The van der Waals surface area contributed by atoms with Gasteiger partial charge in [-0.05, 0) is 36.6 Å². The smallest absolute Gasteiger partial charge is 0.101 e. The summed E-state index contributed by atoms with van der Waals surface area (Å²) in [7, 11) is 0. The van der Waals surface area contributed by atoms with Crippen LogP contribution in [0.15, 0.2) is 48.5 Å². The van der Waals surface area contributed by atoms with Crippen molar-refractivity contribution in [2.45, 2.75) is 25.8 Å². The van der Waals surface area contributed by atoms with Gasteiger partial charge in [-0.15, -0.1) is 0 Å². The summed E-state index contributed by atoms with van der Waals surface area (Å²) in [4.78, 5) is 0. The largest absolute Gasteiger partial charge is 0.382 e. The van der Waals surface area contributed by atoms with Crippen LogP contribution in [0.5, 0.6) is 0 Å². The number of hydrogen-bond donors (Lipinski definition) is 1. The Morgan fingerprint density at radius 3 is 2.33 bits per heavy atom. The second-order valence-electron chi connectivity index (χ2n) is 4.92. The van der Waals surface area contributed by atoms with E-state index in [0.717, 1.165) is 18.5 Å². The molecule has 3 heteroatoms. The van der Waals surface area contributed by atoms with Crippen LogP contribution in [0.3, 0.4) is 0 Å². The van der Waals surface area contributed by atoms with Crippen molar-refractivity contribution in [1.82, 2.24) is 0 Å². The van der Waals surface area contributed by atoms with Gasteiger partial charge in [0.2, 0.25) is 0 Å². The van der Waals surface area contributed by atoms with Crippen molar-refractivity contribution in [3.05, 3.63) is 65.2 Å². The first-order valence-electron chi connectivity index (χ1n) is 7.01. The van der Waals surface area contributed by atoms with Crippen LogP contribution >= 0.6 is 0 Å². The average Bonchev–Trinajstić information content (AvgIpc) is 2.55. The Bertz CT molecular complexity index is 678. The standard InChI is InChI=1S/C18H17N3/c1-2-17(10-14-6-4-3-5-7-14)21-18-9-8-15(12-19)16(11-18)13-20/h3-9,11,17,21H,2,10H2,1H3. The van der Waals surface area contributed by atoms with Gasteiger partial charge in [-0.3, -0.25) is 0 Å². The van der Waals surface area contributed by atoms with Crippen LogP contribution in [0.2, 0.25) is 0 Å². The van der Waals surface area contributed by atoms with Crippen molar-refractivity contribution < 1.29 is 0 Å². The molecule has 0 radical (unpaired) electrons. The lowest BCUT2D eigenvalue weighted by Gasteiger charge is -2.18. The highest BCUT2D eigenvalue weighted by Gasteiger charge is 2.09. The Kier molecular flexibility index (Phi) is 4.96. The van der Waals surface area contributed by atoms with Gasteiger partial charge in [-0.25, -0.2) is 0 Å². The fourth-order valence-corrected chi connectivity index (χ4v) is 2.26. The molecule has 0 bridgehead atoms. The number of anilines is 1. The molecule has 2 rings (SSSR count). The highest BCUT2D eigenvalue weighted by molar-refractivity contribution is 5.56. The van der Waals surface area contributed by atoms with E-state index >= 15 is 0 Å². The molecule has 0 saturated heterocycles. The molecular formula is C18H17N3. The van der Waals surface area contributed by atoms with Crippen LogP contribution in [-0.2, 0) is 6.42 Å². The molecule has 0 aliphatic heterocycles. The normalized spacial score (nSPS) is 11.2. The summed E-state index contributed by atoms with van der Waals surface area (Å²) in [6.45, 7) is 2.13. The van der Waals surface area contributed by atoms with Crippen LogP contribution < -0.4 is 5.32 Å². The van der Waals surface area contributed by atoms with Crippen LogP contribution in [0, 0.1) is 22.7 Å². The third-order valence-electron chi connectivity index (χ3n) is 3.45. The van der Waals surface area contributed by atoms with Crippen LogP contribution in [-0.4, -0.2) is 6.04 Å². The topological polar surface area (TPSA) is 59.6 Å². The summed E-state index contributed by atoms with van der Waals surface area (Å²) in [5.41, 5.74) is 3.00. The van der Waals surface area contributed by atoms with Crippen molar-refractivity contribution in [2.24, 2.45) is 0 Å². The van der Waals surface area contributed by atoms with Gasteiger partial charge in [-0.1, -0.05) is 37.3 Å². The molecule has 1 N–H and O–H groups in total. The molecule has 1 atom stereocenters. The van der Waals surface area contributed by atoms with Gasteiger partial charge in [0.05, 0.1) is 11.1 Å². The van der Waals surface area contributed by atoms with Gasteiger partial charge in [0, 0.05) is 11.7 Å². The van der Waals surface area contributed by atoms with Crippen molar-refractivity contribution >= 4 is 5.69 Å². The van der Waals surface area contributed by atoms with Gasteiger partial charge in [0.1, 0.15) is 12.1 Å². The Hall–Kier alpha value is -2.78. The second-order valence-corrected chi connectivity index (χ2v) is 4.92. The fourth-order valence-electron chi connectivity index (χ4n) is 2.26. The van der Waals surface area contributed by atoms with Crippen LogP contribution in [0.4, 0.5) is 5.69 Å². The maximum Gasteiger partial charge on any atom is 0.101 e. The summed E-state index contributed by atoms with van der Waals surface area (Å²) in [6.07, 6.45) is 1.91. The maximum atomic E-state index is 9.07. The first-order chi connectivity index (χ1) is 10.3. The number of benzene rings is 2. The minimum absolute atomic E-state index is 0.298. The number of hydrogen-bond acceptors (Lipinski definition) is 3. The van der Waals surface area contributed by atoms with E-state index in [0.29, 0.717) is 17.2 Å². The van der Waals surface area contributed by atoms with Gasteiger partial charge in [0.15, 0.2) is 0 Å². The Balaban J connectivity index is 2.12. The molecule has 1 unspecified atom stereocenters. The molecule has 0 heterocycles. The van der Waals surface area contributed by atoms with Crippen molar-refractivity contribution in [1.29, 1.82) is 10.5 Å². The Labute approximate surface area is 125 Å². The van der Waals surface area contributed by atoms with E-state index in [1.807, 2.05) is 30.3 Å². The molecule has 104 valence electrons. The maximum absolute atomic E-state index is 9.07. The van der Waals surface area contributed by atoms with Crippen molar-refractivity contribution in [2.75, 3.05) is 5.32 Å². The zero-order valence-electron chi connectivity index (χ0n) is 12.0. The molecule has 2 aromatic carbocycles. The summed E-state index contributed by atoms with van der Waals surface area (Å²) in [5.74, 6) is 0. The number of nitriles is 2. The van der Waals surface area contributed by atoms with E-state index in [-0.39, 0.29) is 0 Å². The van der Waals surface area contributed by atoms with Crippen LogP contribution in [0.25, 0.3) is 0 Å². The minimum Gasteiger partial charge on any atom is -0.382 e. The zero-order valence-corrected chi connectivity index (χ0v) is 12.0. The van der Waals surface area contributed by atoms with Gasteiger partial charge in [0.25, 0.3) is 0 Å². The first-order valence-corrected chi connectivity index (χ1v) is 7.01. The van der Waals surface area contributed by atoms with E-state index in [4.69, 9.17) is 10.5 Å². The number of nitrogens with one attached hydrogen (secondary N) is 1. The predicted octanol–water partition coefficient (Wildman–Crippen LogP) is 3.86. The second kappa shape index (κ2) is 7.12. The lowest BCUT2D eigenvalue weighted by Crippen LogP contribution is -2.21. The van der Waals surface area contributed by atoms with Crippen molar-refractivity contribution in [3.8, 4) is 12.1 Å². The van der Waals surface area contributed by atoms with Gasteiger partial charge >= 0.3 is 0 Å². The molecule has 3 nitrogen and oxygen atoms in total. The molecule has 0 aliphatic rings. The molecule has 0 spiro atoms. The lowest BCUT2D eigenvalue weighted by atomic mass is 10.0. The lowest BCUT2D eigenvalue weighted by molar-refractivity contribution is 0.690. The number of rotatable bonds is 5. The Morgan fingerprint density at radius 1 is 1.00 bits per heavy atom. The molecule has 21 heavy (non-hydrogen) atoms. The molecule has 0 fully saturated rings. The van der Waals surface area contributed by atoms with Gasteiger partial charge in [-0.2, -0.15) is 10.5 Å². The third kappa shape index (κ3) is 3.84. The third-order valence-corrected chi connectivity index (χ3v) is 3.45. The quantitative estimate of drug-likeness (QED) is 0.901. The highest BCUT2D eigenvalue weighted by Crippen LogP contribution is 2.17. The molecule has 0 saturated carbocycles. The fraction of sp³-hybridized carbons (Fsp3) is 0.222. The van der Waals surface area contributed by atoms with E-state index in [1.165, 1.54) is 5.56 Å². The summed E-state index contributed by atoms with van der Waals surface area (Å²) in [6, 6.07) is 20.0. The first kappa shape index (κ1) is 14.6. The SMILES string of the molecule is CCC(Cc1ccccc1)Nc1ccc(C#N)c(C#N)c1. The zero-order chi connectivity index (χ0) is 15.1. The monoisotopic (exact) mass is 275 g/mol. The highest BCUT2D eigenvalue weighted by atomic mass is 14.9. The molecule has 0 aliphatic carbocycles. The van der Waals surface area contributed by atoms with Gasteiger partial charge < -0.3 is 5.32 Å². The molecule has 2 aromatic rings. The summed E-state index contributed by atoms with van der Waals surface area (Å²) >= 11 is 0.